The van der Waals surface area contributed by atoms with Gasteiger partial charge in [0.25, 0.3) is 0 Å². The van der Waals surface area contributed by atoms with E-state index < -0.39 is 73.6 Å². The van der Waals surface area contributed by atoms with Gasteiger partial charge in [-0.25, -0.2) is 10.7 Å². The first-order valence-electron chi connectivity index (χ1n) is 7.23. The summed E-state index contributed by atoms with van der Waals surface area (Å²) in [6, 6.07) is 0. The summed E-state index contributed by atoms with van der Waals surface area (Å²) < 4.78 is 0. The SMILES string of the molecule is NOCC(O)C(O)C(O)C(O)C(O)C(O)C(O)C(O)C(O)C(O)C(=O)O. The highest BCUT2D eigenvalue weighted by molar-refractivity contribution is 5.72. The van der Waals surface area contributed by atoms with Crippen molar-refractivity contribution in [1.29, 1.82) is 0 Å². The smallest absolute Gasteiger partial charge is 0.335 e. The second-order valence-corrected chi connectivity index (χ2v) is 5.61. The van der Waals surface area contributed by atoms with Crippen LogP contribution in [0.1, 0.15) is 0 Å². The molecule has 10 unspecified atom stereocenters. The van der Waals surface area contributed by atoms with Crippen molar-refractivity contribution in [2.24, 2.45) is 5.90 Å². The van der Waals surface area contributed by atoms with Crippen molar-refractivity contribution in [3.05, 3.63) is 0 Å². The minimum atomic E-state index is -2.53. The molecule has 0 bridgehead atoms. The lowest BCUT2D eigenvalue weighted by Gasteiger charge is -2.34. The lowest BCUT2D eigenvalue weighted by atomic mass is 9.91. The first-order chi connectivity index (χ1) is 11.9. The minimum Gasteiger partial charge on any atom is -0.479 e. The van der Waals surface area contributed by atoms with E-state index in [0.717, 1.165) is 0 Å². The van der Waals surface area contributed by atoms with E-state index in [-0.39, 0.29) is 0 Å². The fourth-order valence-electron chi connectivity index (χ4n) is 1.97. The average molecular weight is 391 g/mol. The number of carboxylic acids is 1. The number of rotatable bonds is 12. The third-order valence-corrected chi connectivity index (χ3v) is 3.69. The number of carbonyl (C=O) groups is 1. The molecule has 10 atom stereocenters. The van der Waals surface area contributed by atoms with Crippen LogP contribution >= 0.6 is 0 Å². The van der Waals surface area contributed by atoms with Crippen molar-refractivity contribution in [2.45, 2.75) is 61.0 Å². The molecule has 0 aromatic carbocycles. The Morgan fingerprint density at radius 3 is 1.27 bits per heavy atom. The van der Waals surface area contributed by atoms with Crippen LogP contribution in [0.3, 0.4) is 0 Å². The molecule has 156 valence electrons. The van der Waals surface area contributed by atoms with Crippen molar-refractivity contribution in [2.75, 3.05) is 6.61 Å². The van der Waals surface area contributed by atoms with Gasteiger partial charge in [0.15, 0.2) is 6.10 Å². The molecule has 0 radical (unpaired) electrons. The van der Waals surface area contributed by atoms with E-state index in [1.54, 1.807) is 0 Å². The third-order valence-electron chi connectivity index (χ3n) is 3.69. The molecule has 0 saturated heterocycles. The summed E-state index contributed by atoms with van der Waals surface area (Å²) in [5, 5.41) is 104. The Balaban J connectivity index is 5.00. The Hall–Kier alpha value is -1.01. The lowest BCUT2D eigenvalue weighted by Crippen LogP contribution is -2.59. The molecular formula is C12H25NO13. The number of aliphatic hydroxyl groups is 10. The quantitative estimate of drug-likeness (QED) is 0.138. The Bertz CT molecular complexity index is 426. The van der Waals surface area contributed by atoms with Gasteiger partial charge in [0.05, 0.1) is 6.61 Å². The predicted octanol–water partition coefficient (Wildman–Crippen LogP) is -7.43. The summed E-state index contributed by atoms with van der Waals surface area (Å²) in [4.78, 5) is 14.5. The number of aliphatic carboxylic acids is 1. The van der Waals surface area contributed by atoms with Crippen LogP contribution < -0.4 is 5.90 Å². The largest absolute Gasteiger partial charge is 0.479 e. The number of aliphatic hydroxyl groups excluding tert-OH is 10. The van der Waals surface area contributed by atoms with Crippen LogP contribution in [-0.4, -0.2) is 130 Å². The molecule has 14 nitrogen and oxygen atoms in total. The van der Waals surface area contributed by atoms with Crippen LogP contribution in [-0.2, 0) is 9.63 Å². The fraction of sp³-hybridized carbons (Fsp3) is 0.917. The highest BCUT2D eigenvalue weighted by Crippen LogP contribution is 2.16. The van der Waals surface area contributed by atoms with Crippen LogP contribution in [0.4, 0.5) is 0 Å². The van der Waals surface area contributed by atoms with Crippen molar-refractivity contribution < 1.29 is 65.8 Å². The van der Waals surface area contributed by atoms with E-state index in [9.17, 15) is 50.8 Å². The zero-order chi connectivity index (χ0) is 20.8. The van der Waals surface area contributed by atoms with Gasteiger partial charge in [0.2, 0.25) is 0 Å². The molecule has 26 heavy (non-hydrogen) atoms. The van der Waals surface area contributed by atoms with E-state index in [1.807, 2.05) is 0 Å². The molecule has 14 heteroatoms. The molecule has 0 spiro atoms. The van der Waals surface area contributed by atoms with Gasteiger partial charge in [-0.15, -0.1) is 0 Å². The molecule has 0 saturated carbocycles. The van der Waals surface area contributed by atoms with E-state index in [2.05, 4.69) is 10.7 Å². The second kappa shape index (κ2) is 11.0. The van der Waals surface area contributed by atoms with Crippen LogP contribution in [0.15, 0.2) is 0 Å². The molecule has 0 heterocycles. The lowest BCUT2D eigenvalue weighted by molar-refractivity contribution is -0.195. The summed E-state index contributed by atoms with van der Waals surface area (Å²) in [6.45, 7) is -0.662. The molecule has 0 aliphatic rings. The maximum Gasteiger partial charge on any atom is 0.335 e. The second-order valence-electron chi connectivity index (χ2n) is 5.61. The Kier molecular flexibility index (Phi) is 10.5. The average Bonchev–Trinajstić information content (AvgIpc) is 2.62. The Morgan fingerprint density at radius 1 is 0.654 bits per heavy atom. The highest BCUT2D eigenvalue weighted by Gasteiger charge is 2.43. The van der Waals surface area contributed by atoms with Crippen molar-refractivity contribution in [3.8, 4) is 0 Å². The van der Waals surface area contributed by atoms with Gasteiger partial charge >= 0.3 is 5.97 Å². The summed E-state index contributed by atoms with van der Waals surface area (Å²) >= 11 is 0. The first-order valence-corrected chi connectivity index (χ1v) is 7.23. The summed E-state index contributed by atoms with van der Waals surface area (Å²) in [5.41, 5.74) is 0. The van der Waals surface area contributed by atoms with Gasteiger partial charge in [-0.3, -0.25) is 0 Å². The van der Waals surface area contributed by atoms with Crippen LogP contribution in [0.25, 0.3) is 0 Å². The number of nitrogens with two attached hydrogens (primary N) is 1. The predicted molar refractivity (Wildman–Crippen MR) is 77.8 cm³/mol. The van der Waals surface area contributed by atoms with Crippen molar-refractivity contribution in [3.63, 3.8) is 0 Å². The van der Waals surface area contributed by atoms with Gasteiger partial charge in [-0.2, -0.15) is 0 Å². The number of hydrogen-bond donors (Lipinski definition) is 12. The number of hydrogen-bond acceptors (Lipinski definition) is 13. The van der Waals surface area contributed by atoms with Crippen LogP contribution in [0, 0.1) is 0 Å². The molecule has 0 amide bonds. The topological polar surface area (TPSA) is 275 Å². The van der Waals surface area contributed by atoms with Crippen LogP contribution in [0.2, 0.25) is 0 Å². The Labute approximate surface area is 146 Å². The molecule has 0 aliphatic heterocycles. The van der Waals surface area contributed by atoms with E-state index in [4.69, 9.17) is 10.2 Å². The maximum atomic E-state index is 10.5. The summed E-state index contributed by atoms with van der Waals surface area (Å²) in [7, 11) is 0. The molecule has 0 rings (SSSR count). The molecular weight excluding hydrogens is 366 g/mol. The normalized spacial score (nSPS) is 23.8. The minimum absolute atomic E-state index is 0.662. The molecule has 0 aliphatic carbocycles. The third kappa shape index (κ3) is 6.31. The fourth-order valence-corrected chi connectivity index (χ4v) is 1.97. The Morgan fingerprint density at radius 2 is 0.962 bits per heavy atom. The molecule has 0 aromatic heterocycles. The zero-order valence-electron chi connectivity index (χ0n) is 13.3. The molecule has 0 fully saturated rings. The van der Waals surface area contributed by atoms with E-state index >= 15 is 0 Å². The maximum absolute atomic E-state index is 10.5. The first kappa shape index (κ1) is 25.0. The van der Waals surface area contributed by atoms with Gasteiger partial charge in [0, 0.05) is 0 Å². The molecule has 13 N–H and O–H groups in total. The monoisotopic (exact) mass is 391 g/mol. The van der Waals surface area contributed by atoms with Gasteiger partial charge in [-0.05, 0) is 0 Å². The van der Waals surface area contributed by atoms with Crippen molar-refractivity contribution in [1.82, 2.24) is 0 Å². The summed E-state index contributed by atoms with van der Waals surface area (Å²) in [6.07, 6.45) is -23.4. The van der Waals surface area contributed by atoms with E-state index in [0.29, 0.717) is 0 Å². The van der Waals surface area contributed by atoms with Gasteiger partial charge in [0.1, 0.15) is 54.9 Å². The highest BCUT2D eigenvalue weighted by atomic mass is 16.6. The van der Waals surface area contributed by atoms with Gasteiger partial charge < -0.3 is 61.0 Å². The number of carboxylic acid groups (broad SMARTS) is 1. The zero-order valence-corrected chi connectivity index (χ0v) is 13.3. The standard InChI is InChI=1S/C12H25NO13/c13-26-1-2(14)3(15)4(16)5(17)6(18)7(19)8(20)9(21)10(22)11(23)12(24)25/h2-11,14-23H,1,13H2,(H,24,25). The van der Waals surface area contributed by atoms with E-state index in [1.165, 1.54) is 0 Å². The van der Waals surface area contributed by atoms with Crippen LogP contribution in [0.5, 0.6) is 0 Å². The summed E-state index contributed by atoms with van der Waals surface area (Å²) in [5.74, 6) is 2.70. The molecule has 0 aromatic rings. The van der Waals surface area contributed by atoms with Crippen molar-refractivity contribution >= 4 is 5.97 Å². The van der Waals surface area contributed by atoms with Gasteiger partial charge in [-0.1, -0.05) is 0 Å².